The highest BCUT2D eigenvalue weighted by atomic mass is 16.5. The summed E-state index contributed by atoms with van der Waals surface area (Å²) in [4.78, 5) is 0. The van der Waals surface area contributed by atoms with E-state index < -0.39 is 0 Å². The van der Waals surface area contributed by atoms with Crippen molar-refractivity contribution < 1.29 is 4.74 Å². The zero-order chi connectivity index (χ0) is 13.7. The number of rotatable bonds is 4. The molecule has 3 nitrogen and oxygen atoms in total. The van der Waals surface area contributed by atoms with Crippen molar-refractivity contribution in [2.24, 2.45) is 5.73 Å². The summed E-state index contributed by atoms with van der Waals surface area (Å²) < 4.78 is 5.72. The van der Waals surface area contributed by atoms with Crippen LogP contribution in [0.2, 0.25) is 0 Å². The van der Waals surface area contributed by atoms with Crippen LogP contribution >= 0.6 is 0 Å². The van der Waals surface area contributed by atoms with Crippen molar-refractivity contribution in [2.75, 3.05) is 0 Å². The molecule has 0 aliphatic heterocycles. The number of nitriles is 1. The van der Waals surface area contributed by atoms with Gasteiger partial charge in [0.1, 0.15) is 12.4 Å². The highest BCUT2D eigenvalue weighted by Gasteiger charge is 2.02. The number of benzene rings is 2. The topological polar surface area (TPSA) is 59.0 Å². The second kappa shape index (κ2) is 6.03. The Bertz CT molecular complexity index is 600. The minimum atomic E-state index is -0.00883. The highest BCUT2D eigenvalue weighted by Crippen LogP contribution is 2.18. The summed E-state index contributed by atoms with van der Waals surface area (Å²) in [6.45, 7) is 2.38. The molecule has 0 fully saturated rings. The van der Waals surface area contributed by atoms with Gasteiger partial charge < -0.3 is 10.5 Å². The van der Waals surface area contributed by atoms with Gasteiger partial charge in [0, 0.05) is 6.04 Å². The van der Waals surface area contributed by atoms with Crippen molar-refractivity contribution in [3.05, 3.63) is 65.2 Å². The van der Waals surface area contributed by atoms with E-state index in [2.05, 4.69) is 6.07 Å². The molecule has 0 heterocycles. The van der Waals surface area contributed by atoms with Crippen LogP contribution in [-0.2, 0) is 6.61 Å². The molecular formula is C16H16N2O. The van der Waals surface area contributed by atoms with Gasteiger partial charge in [0.05, 0.1) is 11.6 Å². The predicted molar refractivity (Wildman–Crippen MR) is 74.5 cm³/mol. The maximum absolute atomic E-state index is 8.84. The van der Waals surface area contributed by atoms with Crippen LogP contribution in [0.15, 0.2) is 48.5 Å². The monoisotopic (exact) mass is 252 g/mol. The third-order valence-electron chi connectivity index (χ3n) is 2.85. The van der Waals surface area contributed by atoms with Crippen LogP contribution in [0.3, 0.4) is 0 Å². The van der Waals surface area contributed by atoms with Crippen LogP contribution in [0, 0.1) is 11.3 Å². The second-order valence-electron chi connectivity index (χ2n) is 4.46. The molecule has 0 amide bonds. The third-order valence-corrected chi connectivity index (χ3v) is 2.85. The maximum atomic E-state index is 8.84. The Morgan fingerprint density at radius 2 is 2.00 bits per heavy atom. The van der Waals surface area contributed by atoms with Gasteiger partial charge in [0.2, 0.25) is 0 Å². The van der Waals surface area contributed by atoms with E-state index in [1.165, 1.54) is 0 Å². The molecule has 19 heavy (non-hydrogen) atoms. The van der Waals surface area contributed by atoms with Gasteiger partial charge in [-0.25, -0.2) is 0 Å². The van der Waals surface area contributed by atoms with Crippen LogP contribution in [0.4, 0.5) is 0 Å². The zero-order valence-electron chi connectivity index (χ0n) is 10.8. The van der Waals surface area contributed by atoms with E-state index in [9.17, 15) is 0 Å². The number of nitrogens with two attached hydrogens (primary N) is 1. The molecule has 0 unspecified atom stereocenters. The largest absolute Gasteiger partial charge is 0.489 e. The van der Waals surface area contributed by atoms with Crippen molar-refractivity contribution in [1.82, 2.24) is 0 Å². The van der Waals surface area contributed by atoms with Gasteiger partial charge in [-0.15, -0.1) is 0 Å². The van der Waals surface area contributed by atoms with E-state index in [4.69, 9.17) is 15.7 Å². The molecule has 0 saturated carbocycles. The predicted octanol–water partition coefficient (Wildman–Crippen LogP) is 3.16. The quantitative estimate of drug-likeness (QED) is 0.909. The SMILES string of the molecule is C[C@@H](N)c1cccc(OCc2cccc(C#N)c2)c1. The average molecular weight is 252 g/mol. The first-order chi connectivity index (χ1) is 9.19. The summed E-state index contributed by atoms with van der Waals surface area (Å²) in [7, 11) is 0. The summed E-state index contributed by atoms with van der Waals surface area (Å²) in [5, 5.41) is 8.84. The summed E-state index contributed by atoms with van der Waals surface area (Å²) in [6, 6.07) is 17.3. The van der Waals surface area contributed by atoms with E-state index in [0.717, 1.165) is 16.9 Å². The molecule has 0 spiro atoms. The van der Waals surface area contributed by atoms with Crippen LogP contribution in [-0.4, -0.2) is 0 Å². The molecule has 1 atom stereocenters. The lowest BCUT2D eigenvalue weighted by Crippen LogP contribution is -2.05. The standard InChI is InChI=1S/C16H16N2O/c1-12(18)15-6-3-7-16(9-15)19-11-14-5-2-4-13(8-14)10-17/h2-9,12H,11,18H2,1H3/t12-/m1/s1. The maximum Gasteiger partial charge on any atom is 0.120 e. The van der Waals surface area contributed by atoms with Gasteiger partial charge >= 0.3 is 0 Å². The second-order valence-corrected chi connectivity index (χ2v) is 4.46. The number of hydrogen-bond donors (Lipinski definition) is 1. The highest BCUT2D eigenvalue weighted by molar-refractivity contribution is 5.33. The first kappa shape index (κ1) is 13.1. The minimum absolute atomic E-state index is 0.00883. The fourth-order valence-electron chi connectivity index (χ4n) is 1.78. The number of nitrogens with zero attached hydrogens (tertiary/aromatic N) is 1. The van der Waals surface area contributed by atoms with Gasteiger partial charge in [0.25, 0.3) is 0 Å². The van der Waals surface area contributed by atoms with Crippen molar-refractivity contribution in [3.63, 3.8) is 0 Å². The fourth-order valence-corrected chi connectivity index (χ4v) is 1.78. The zero-order valence-corrected chi connectivity index (χ0v) is 10.8. The Morgan fingerprint density at radius 3 is 2.74 bits per heavy atom. The normalized spacial score (nSPS) is 11.6. The molecule has 0 radical (unpaired) electrons. The average Bonchev–Trinajstić information content (AvgIpc) is 2.45. The molecule has 2 N–H and O–H groups in total. The van der Waals surface area contributed by atoms with Crippen LogP contribution in [0.25, 0.3) is 0 Å². The van der Waals surface area contributed by atoms with Crippen molar-refractivity contribution in [2.45, 2.75) is 19.6 Å². The molecule has 0 saturated heterocycles. The van der Waals surface area contributed by atoms with E-state index in [-0.39, 0.29) is 6.04 Å². The first-order valence-corrected chi connectivity index (χ1v) is 6.16. The summed E-state index contributed by atoms with van der Waals surface area (Å²) >= 11 is 0. The lowest BCUT2D eigenvalue weighted by molar-refractivity contribution is 0.305. The molecule has 0 aliphatic rings. The minimum Gasteiger partial charge on any atom is -0.489 e. The number of hydrogen-bond acceptors (Lipinski definition) is 3. The molecule has 0 aliphatic carbocycles. The molecule has 96 valence electrons. The van der Waals surface area contributed by atoms with Gasteiger partial charge in [-0.2, -0.15) is 5.26 Å². The Hall–Kier alpha value is -2.31. The van der Waals surface area contributed by atoms with Crippen molar-refractivity contribution >= 4 is 0 Å². The lowest BCUT2D eigenvalue weighted by Gasteiger charge is -2.10. The first-order valence-electron chi connectivity index (χ1n) is 6.16. The molecule has 0 bridgehead atoms. The molecule has 3 heteroatoms. The van der Waals surface area contributed by atoms with Gasteiger partial charge in [0.15, 0.2) is 0 Å². The van der Waals surface area contributed by atoms with Crippen LogP contribution < -0.4 is 10.5 Å². The molecule has 2 aromatic rings. The summed E-state index contributed by atoms with van der Waals surface area (Å²) in [6.07, 6.45) is 0. The van der Waals surface area contributed by atoms with Crippen LogP contribution in [0.5, 0.6) is 5.75 Å². The van der Waals surface area contributed by atoms with Gasteiger partial charge in [-0.1, -0.05) is 24.3 Å². The van der Waals surface area contributed by atoms with Crippen LogP contribution in [0.1, 0.15) is 29.7 Å². The fraction of sp³-hybridized carbons (Fsp3) is 0.188. The third kappa shape index (κ3) is 3.57. The van der Waals surface area contributed by atoms with E-state index >= 15 is 0 Å². The van der Waals surface area contributed by atoms with Gasteiger partial charge in [-0.3, -0.25) is 0 Å². The smallest absolute Gasteiger partial charge is 0.120 e. The molecule has 2 aromatic carbocycles. The lowest BCUT2D eigenvalue weighted by atomic mass is 10.1. The molecule has 2 rings (SSSR count). The van der Waals surface area contributed by atoms with Crippen molar-refractivity contribution in [1.29, 1.82) is 5.26 Å². The Labute approximate surface area is 113 Å². The Kier molecular flexibility index (Phi) is 4.17. The number of ether oxygens (including phenoxy) is 1. The molecule has 0 aromatic heterocycles. The Morgan fingerprint density at radius 1 is 1.21 bits per heavy atom. The summed E-state index contributed by atoms with van der Waals surface area (Å²) in [5.74, 6) is 0.789. The van der Waals surface area contributed by atoms with E-state index in [1.54, 1.807) is 6.07 Å². The van der Waals surface area contributed by atoms with E-state index in [1.807, 2.05) is 49.4 Å². The Balaban J connectivity index is 2.06. The van der Waals surface area contributed by atoms with E-state index in [0.29, 0.717) is 12.2 Å². The molecular weight excluding hydrogens is 236 g/mol. The summed E-state index contributed by atoms with van der Waals surface area (Å²) in [5.41, 5.74) is 8.50. The van der Waals surface area contributed by atoms with Gasteiger partial charge in [-0.05, 0) is 42.3 Å². The van der Waals surface area contributed by atoms with Crippen molar-refractivity contribution in [3.8, 4) is 11.8 Å².